The van der Waals surface area contributed by atoms with E-state index in [1.165, 1.54) is 12.1 Å². The number of carbonyl (C=O) groups excluding carboxylic acids is 1. The zero-order valence-electron chi connectivity index (χ0n) is 17.4. The Balaban J connectivity index is 1.35. The van der Waals surface area contributed by atoms with Crippen molar-refractivity contribution in [2.45, 2.75) is 31.7 Å². The monoisotopic (exact) mass is 447 g/mol. The lowest BCUT2D eigenvalue weighted by Gasteiger charge is -2.35. The molecule has 1 fully saturated rings. The summed E-state index contributed by atoms with van der Waals surface area (Å²) in [5.41, 5.74) is 2.29. The highest BCUT2D eigenvalue weighted by Crippen LogP contribution is 2.28. The minimum Gasteiger partial charge on any atom is -0.421 e. The van der Waals surface area contributed by atoms with Gasteiger partial charge in [0.15, 0.2) is 0 Å². The largest absolute Gasteiger partial charge is 0.421 e. The van der Waals surface area contributed by atoms with Gasteiger partial charge >= 0.3 is 0 Å². The first-order valence-electron chi connectivity index (χ1n) is 10.7. The maximum atomic E-state index is 13.5. The second-order valence-electron chi connectivity index (χ2n) is 7.92. The number of halogens is 1. The van der Waals surface area contributed by atoms with Crippen LogP contribution in [0, 0.1) is 5.82 Å². The highest BCUT2D eigenvalue weighted by molar-refractivity contribution is 7.13. The van der Waals surface area contributed by atoms with Gasteiger partial charge in [0.05, 0.1) is 0 Å². The number of amides is 1. The van der Waals surface area contributed by atoms with Crippen LogP contribution in [-0.4, -0.2) is 33.6 Å². The van der Waals surface area contributed by atoms with Gasteiger partial charge in [0, 0.05) is 35.0 Å². The fourth-order valence-electron chi connectivity index (χ4n) is 4.17. The van der Waals surface area contributed by atoms with E-state index in [0.29, 0.717) is 30.0 Å². The van der Waals surface area contributed by atoms with Crippen LogP contribution in [0.5, 0.6) is 0 Å². The molecule has 0 N–H and O–H groups in total. The molecule has 0 saturated carbocycles. The highest BCUT2D eigenvalue weighted by Gasteiger charge is 2.29. The molecule has 1 saturated heterocycles. The Morgan fingerprint density at radius 1 is 1.06 bits per heavy atom. The van der Waals surface area contributed by atoms with Gasteiger partial charge in [-0.15, -0.1) is 21.5 Å². The van der Waals surface area contributed by atoms with Crippen molar-refractivity contribution in [1.82, 2.24) is 15.1 Å². The van der Waals surface area contributed by atoms with Crippen LogP contribution in [0.4, 0.5) is 4.39 Å². The summed E-state index contributed by atoms with van der Waals surface area (Å²) in [4.78, 5) is 16.5. The molecule has 1 aliphatic heterocycles. The number of hydrogen-bond donors (Lipinski definition) is 0. The summed E-state index contributed by atoms with van der Waals surface area (Å²) in [6.45, 7) is 0.706. The van der Waals surface area contributed by atoms with Crippen molar-refractivity contribution in [1.29, 1.82) is 0 Å². The Labute approximate surface area is 189 Å². The third-order valence-electron chi connectivity index (χ3n) is 5.75. The molecule has 5 nitrogen and oxygen atoms in total. The highest BCUT2D eigenvalue weighted by atomic mass is 32.1. The van der Waals surface area contributed by atoms with Gasteiger partial charge in [0.2, 0.25) is 11.8 Å². The number of rotatable bonds is 5. The topological polar surface area (TPSA) is 59.2 Å². The molecule has 1 amide bonds. The maximum Gasteiger partial charge on any atom is 0.254 e. The van der Waals surface area contributed by atoms with Crippen LogP contribution in [0.25, 0.3) is 21.9 Å². The second-order valence-corrected chi connectivity index (χ2v) is 8.87. The fourth-order valence-corrected chi connectivity index (χ4v) is 4.89. The first-order chi connectivity index (χ1) is 15.7. The summed E-state index contributed by atoms with van der Waals surface area (Å²) in [5, 5.41) is 10.3. The minimum atomic E-state index is -0.351. The van der Waals surface area contributed by atoms with Crippen molar-refractivity contribution in [3.05, 3.63) is 83.3 Å². The van der Waals surface area contributed by atoms with Gasteiger partial charge in [-0.05, 0) is 66.6 Å². The molecule has 2 aromatic carbocycles. The lowest BCUT2D eigenvalue weighted by molar-refractivity contribution is 0.0605. The summed E-state index contributed by atoms with van der Waals surface area (Å²) >= 11 is 1.66. The zero-order valence-corrected chi connectivity index (χ0v) is 18.2. The molecule has 3 heterocycles. The number of likely N-dealkylation sites (tertiary alicyclic amines) is 1. The van der Waals surface area contributed by atoms with Crippen LogP contribution in [0.2, 0.25) is 0 Å². The van der Waals surface area contributed by atoms with E-state index >= 15 is 0 Å². The van der Waals surface area contributed by atoms with E-state index in [1.54, 1.807) is 23.5 Å². The van der Waals surface area contributed by atoms with Crippen LogP contribution in [0.1, 0.15) is 35.5 Å². The van der Waals surface area contributed by atoms with E-state index in [4.69, 9.17) is 4.42 Å². The van der Waals surface area contributed by atoms with Crippen molar-refractivity contribution >= 4 is 17.2 Å². The molecule has 162 valence electrons. The Morgan fingerprint density at radius 2 is 1.94 bits per heavy atom. The van der Waals surface area contributed by atoms with Gasteiger partial charge in [-0.2, -0.15) is 0 Å². The smallest absolute Gasteiger partial charge is 0.254 e. The number of thiophene rings is 1. The summed E-state index contributed by atoms with van der Waals surface area (Å²) in [6, 6.07) is 18.0. The van der Waals surface area contributed by atoms with Gasteiger partial charge in [-0.3, -0.25) is 4.79 Å². The number of nitrogens with zero attached hydrogens (tertiary/aromatic N) is 3. The van der Waals surface area contributed by atoms with Crippen LogP contribution >= 0.6 is 11.3 Å². The molecule has 0 unspecified atom stereocenters. The van der Waals surface area contributed by atoms with E-state index in [1.807, 2.05) is 40.6 Å². The van der Waals surface area contributed by atoms with Gasteiger partial charge < -0.3 is 9.32 Å². The Hall–Kier alpha value is -3.32. The Morgan fingerprint density at radius 3 is 2.78 bits per heavy atom. The SMILES string of the molecule is O=C(c1cccc(-c2cccs2)c1)N1CCCC[C@H]1Cc1nnc(-c2cccc(F)c2)o1. The van der Waals surface area contributed by atoms with E-state index < -0.39 is 0 Å². The lowest BCUT2D eigenvalue weighted by atomic mass is 9.97. The summed E-state index contributed by atoms with van der Waals surface area (Å²) in [6.07, 6.45) is 3.40. The summed E-state index contributed by atoms with van der Waals surface area (Å²) in [5.74, 6) is 0.423. The van der Waals surface area contributed by atoms with Crippen LogP contribution in [-0.2, 0) is 6.42 Å². The van der Waals surface area contributed by atoms with E-state index in [0.717, 1.165) is 29.7 Å². The van der Waals surface area contributed by atoms with Crippen molar-refractivity contribution in [3.63, 3.8) is 0 Å². The molecular formula is C25H22FN3O2S. The fraction of sp³-hybridized carbons (Fsp3) is 0.240. The van der Waals surface area contributed by atoms with E-state index in [9.17, 15) is 9.18 Å². The third kappa shape index (κ3) is 4.34. The van der Waals surface area contributed by atoms with Gasteiger partial charge in [-0.1, -0.05) is 24.3 Å². The Kier molecular flexibility index (Phi) is 5.81. The molecule has 5 rings (SSSR count). The molecule has 0 spiro atoms. The molecule has 0 aliphatic carbocycles. The molecule has 32 heavy (non-hydrogen) atoms. The number of hydrogen-bond acceptors (Lipinski definition) is 5. The molecule has 2 aromatic heterocycles. The molecule has 1 atom stereocenters. The third-order valence-corrected chi connectivity index (χ3v) is 6.67. The first kappa shape index (κ1) is 20.6. The molecule has 0 bridgehead atoms. The van der Waals surface area contributed by atoms with Crippen LogP contribution in [0.3, 0.4) is 0 Å². The van der Waals surface area contributed by atoms with Gasteiger partial charge in [0.25, 0.3) is 5.91 Å². The first-order valence-corrected chi connectivity index (χ1v) is 11.6. The zero-order chi connectivity index (χ0) is 21.9. The summed E-state index contributed by atoms with van der Waals surface area (Å²) < 4.78 is 19.3. The summed E-state index contributed by atoms with van der Waals surface area (Å²) in [7, 11) is 0. The Bertz CT molecular complexity index is 1220. The molecule has 7 heteroatoms. The van der Waals surface area contributed by atoms with Crippen molar-refractivity contribution < 1.29 is 13.6 Å². The average Bonchev–Trinajstić information content (AvgIpc) is 3.52. The van der Waals surface area contributed by atoms with Crippen LogP contribution in [0.15, 0.2) is 70.5 Å². The van der Waals surface area contributed by atoms with Gasteiger partial charge in [0.1, 0.15) is 5.82 Å². The number of piperidine rings is 1. The van der Waals surface area contributed by atoms with E-state index in [-0.39, 0.29) is 23.7 Å². The molecular weight excluding hydrogens is 425 g/mol. The average molecular weight is 448 g/mol. The van der Waals surface area contributed by atoms with Crippen molar-refractivity contribution in [3.8, 4) is 21.9 Å². The number of aromatic nitrogens is 2. The standard InChI is InChI=1S/C25H22FN3O2S/c26-20-9-4-7-18(15-20)24-28-27-23(31-24)16-21-10-1-2-12-29(21)25(30)19-8-3-6-17(14-19)22-11-5-13-32-22/h3-9,11,13-15,21H,1-2,10,12,16H2/t21-/m0/s1. The molecule has 4 aromatic rings. The van der Waals surface area contributed by atoms with Crippen LogP contribution < -0.4 is 0 Å². The molecule has 1 aliphatic rings. The minimum absolute atomic E-state index is 0.0116. The quantitative estimate of drug-likeness (QED) is 0.386. The van der Waals surface area contributed by atoms with Crippen molar-refractivity contribution in [2.24, 2.45) is 0 Å². The normalized spacial score (nSPS) is 16.3. The van der Waals surface area contributed by atoms with E-state index in [2.05, 4.69) is 16.3 Å². The predicted molar refractivity (Wildman–Crippen MR) is 122 cm³/mol. The lowest BCUT2D eigenvalue weighted by Crippen LogP contribution is -2.44. The number of carbonyl (C=O) groups is 1. The van der Waals surface area contributed by atoms with Gasteiger partial charge in [-0.25, -0.2) is 4.39 Å². The maximum absolute atomic E-state index is 13.5. The second kappa shape index (κ2) is 9.04. The molecule has 0 radical (unpaired) electrons. The van der Waals surface area contributed by atoms with Crippen molar-refractivity contribution in [2.75, 3.05) is 6.54 Å². The predicted octanol–water partition coefficient (Wildman–Crippen LogP) is 5.84. The number of benzene rings is 2.